The van der Waals surface area contributed by atoms with Crippen LogP contribution in [0.15, 0.2) is 30.3 Å². The number of esters is 1. The molecule has 6 nitrogen and oxygen atoms in total. The summed E-state index contributed by atoms with van der Waals surface area (Å²) >= 11 is 0. The van der Waals surface area contributed by atoms with Crippen molar-refractivity contribution in [1.82, 2.24) is 10.2 Å². The molecule has 0 aromatic heterocycles. The monoisotopic (exact) mass is 346 g/mol. The van der Waals surface area contributed by atoms with Gasteiger partial charge in [-0.15, -0.1) is 0 Å². The van der Waals surface area contributed by atoms with Gasteiger partial charge in [-0.3, -0.25) is 14.4 Å². The second kappa shape index (κ2) is 9.20. The zero-order valence-corrected chi connectivity index (χ0v) is 14.9. The van der Waals surface area contributed by atoms with Crippen molar-refractivity contribution in [3.05, 3.63) is 35.9 Å². The largest absolute Gasteiger partial charge is 0.451 e. The van der Waals surface area contributed by atoms with E-state index in [1.165, 1.54) is 11.8 Å². The molecule has 0 spiro atoms. The molecule has 0 bridgehead atoms. The standard InChI is InChI=1S/C19H26N2O4/c1-14(16-9-5-3-6-10-16)20-19(24)15(2)25-18(23)13-21-12-8-4-7-11-17(21)22/h3,5-6,9-10,14-15H,4,7-8,11-13H2,1-2H3,(H,20,24). The van der Waals surface area contributed by atoms with E-state index >= 15 is 0 Å². The Balaban J connectivity index is 1.81. The number of hydrogen-bond donors (Lipinski definition) is 1. The topological polar surface area (TPSA) is 75.7 Å². The molecule has 2 amide bonds. The Morgan fingerprint density at radius 2 is 1.88 bits per heavy atom. The lowest BCUT2D eigenvalue weighted by Crippen LogP contribution is -2.41. The zero-order chi connectivity index (χ0) is 18.2. The van der Waals surface area contributed by atoms with E-state index in [0.717, 1.165) is 24.8 Å². The summed E-state index contributed by atoms with van der Waals surface area (Å²) in [5.74, 6) is -0.929. The molecule has 1 N–H and O–H groups in total. The van der Waals surface area contributed by atoms with Gasteiger partial charge >= 0.3 is 5.97 Å². The lowest BCUT2D eigenvalue weighted by Gasteiger charge is -2.22. The number of carbonyl (C=O) groups excluding carboxylic acids is 3. The van der Waals surface area contributed by atoms with Crippen molar-refractivity contribution in [2.24, 2.45) is 0 Å². The van der Waals surface area contributed by atoms with Crippen LogP contribution < -0.4 is 5.32 Å². The number of benzene rings is 1. The number of nitrogens with zero attached hydrogens (tertiary/aromatic N) is 1. The first-order valence-electron chi connectivity index (χ1n) is 8.80. The smallest absolute Gasteiger partial charge is 0.326 e. The summed E-state index contributed by atoms with van der Waals surface area (Å²) in [5.41, 5.74) is 0.976. The zero-order valence-electron chi connectivity index (χ0n) is 14.9. The fraction of sp³-hybridized carbons (Fsp3) is 0.526. The van der Waals surface area contributed by atoms with E-state index in [9.17, 15) is 14.4 Å². The molecule has 2 unspecified atom stereocenters. The van der Waals surface area contributed by atoms with Crippen LogP contribution in [0.2, 0.25) is 0 Å². The molecule has 1 saturated heterocycles. The van der Waals surface area contributed by atoms with Crippen LogP contribution >= 0.6 is 0 Å². The molecule has 1 aromatic carbocycles. The molecule has 2 atom stereocenters. The highest BCUT2D eigenvalue weighted by atomic mass is 16.5. The summed E-state index contributed by atoms with van der Waals surface area (Å²) in [4.78, 5) is 37.7. The Labute approximate surface area is 148 Å². The summed E-state index contributed by atoms with van der Waals surface area (Å²) in [6.07, 6.45) is 2.32. The molecular formula is C19H26N2O4. The van der Waals surface area contributed by atoms with Gasteiger partial charge in [0.2, 0.25) is 5.91 Å². The minimum atomic E-state index is -0.902. The maximum atomic E-state index is 12.2. The predicted molar refractivity (Wildman–Crippen MR) is 93.6 cm³/mol. The molecule has 1 fully saturated rings. The quantitative estimate of drug-likeness (QED) is 0.801. The number of amides is 2. The molecular weight excluding hydrogens is 320 g/mol. The van der Waals surface area contributed by atoms with Gasteiger partial charge in [-0.2, -0.15) is 0 Å². The van der Waals surface area contributed by atoms with Crippen LogP contribution in [0, 0.1) is 0 Å². The van der Waals surface area contributed by atoms with Crippen molar-refractivity contribution in [3.63, 3.8) is 0 Å². The Bertz CT molecular complexity index is 603. The Hall–Kier alpha value is -2.37. The van der Waals surface area contributed by atoms with E-state index in [2.05, 4.69) is 5.32 Å². The third-order valence-electron chi connectivity index (χ3n) is 4.33. The van der Waals surface area contributed by atoms with Gasteiger partial charge in [0, 0.05) is 13.0 Å². The highest BCUT2D eigenvalue weighted by molar-refractivity contribution is 5.86. The number of ether oxygens (including phenoxy) is 1. The predicted octanol–water partition coefficient (Wildman–Crippen LogP) is 2.20. The van der Waals surface area contributed by atoms with Gasteiger partial charge in [-0.25, -0.2) is 0 Å². The summed E-state index contributed by atoms with van der Waals surface area (Å²) in [6, 6.07) is 9.38. The van der Waals surface area contributed by atoms with Crippen molar-refractivity contribution in [3.8, 4) is 0 Å². The average molecular weight is 346 g/mol. The van der Waals surface area contributed by atoms with Gasteiger partial charge in [0.1, 0.15) is 6.54 Å². The highest BCUT2D eigenvalue weighted by Gasteiger charge is 2.24. The minimum absolute atomic E-state index is 0.0238. The normalized spacial score (nSPS) is 17.4. The summed E-state index contributed by atoms with van der Waals surface area (Å²) in [6.45, 7) is 3.89. The molecule has 25 heavy (non-hydrogen) atoms. The fourth-order valence-corrected chi connectivity index (χ4v) is 2.81. The molecule has 0 aliphatic carbocycles. The second-order valence-corrected chi connectivity index (χ2v) is 6.40. The molecule has 1 aliphatic rings. The molecule has 0 saturated carbocycles. The molecule has 1 aliphatic heterocycles. The third kappa shape index (κ3) is 5.89. The molecule has 0 radical (unpaired) electrons. The van der Waals surface area contributed by atoms with Crippen LogP contribution in [0.3, 0.4) is 0 Å². The van der Waals surface area contributed by atoms with E-state index in [1.54, 1.807) is 0 Å². The minimum Gasteiger partial charge on any atom is -0.451 e. The van der Waals surface area contributed by atoms with Gasteiger partial charge in [-0.05, 0) is 32.3 Å². The van der Waals surface area contributed by atoms with Gasteiger partial charge in [0.15, 0.2) is 6.10 Å². The van der Waals surface area contributed by atoms with Gasteiger partial charge in [-0.1, -0.05) is 36.8 Å². The number of likely N-dealkylation sites (tertiary alicyclic amines) is 1. The van der Waals surface area contributed by atoms with Crippen LogP contribution in [0.25, 0.3) is 0 Å². The Morgan fingerprint density at radius 1 is 1.16 bits per heavy atom. The molecule has 6 heteroatoms. The Kier molecular flexibility index (Phi) is 6.98. The van der Waals surface area contributed by atoms with E-state index < -0.39 is 12.1 Å². The van der Waals surface area contributed by atoms with Crippen molar-refractivity contribution in [1.29, 1.82) is 0 Å². The second-order valence-electron chi connectivity index (χ2n) is 6.40. The number of carbonyl (C=O) groups is 3. The first-order chi connectivity index (χ1) is 12.0. The average Bonchev–Trinajstić information content (AvgIpc) is 2.80. The first-order valence-corrected chi connectivity index (χ1v) is 8.80. The van der Waals surface area contributed by atoms with Crippen LogP contribution in [-0.2, 0) is 19.1 Å². The Morgan fingerprint density at radius 3 is 2.60 bits per heavy atom. The van der Waals surface area contributed by atoms with E-state index in [0.29, 0.717) is 13.0 Å². The van der Waals surface area contributed by atoms with E-state index in [4.69, 9.17) is 4.74 Å². The lowest BCUT2D eigenvalue weighted by atomic mass is 10.1. The van der Waals surface area contributed by atoms with E-state index in [1.807, 2.05) is 37.3 Å². The molecule has 1 heterocycles. The number of nitrogens with one attached hydrogen (secondary N) is 1. The maximum absolute atomic E-state index is 12.2. The third-order valence-corrected chi connectivity index (χ3v) is 4.33. The molecule has 136 valence electrons. The SMILES string of the molecule is CC(OC(=O)CN1CCCCCC1=O)C(=O)NC(C)c1ccccc1. The van der Waals surface area contributed by atoms with Crippen molar-refractivity contribution in [2.45, 2.75) is 51.7 Å². The molecule has 2 rings (SSSR count). The fourth-order valence-electron chi connectivity index (χ4n) is 2.81. The van der Waals surface area contributed by atoms with Crippen molar-refractivity contribution >= 4 is 17.8 Å². The first kappa shape index (κ1) is 19.0. The summed E-state index contributed by atoms with van der Waals surface area (Å²) in [7, 11) is 0. The lowest BCUT2D eigenvalue weighted by molar-refractivity contribution is -0.157. The van der Waals surface area contributed by atoms with Crippen LogP contribution in [0.4, 0.5) is 0 Å². The van der Waals surface area contributed by atoms with Gasteiger partial charge < -0.3 is 15.0 Å². The van der Waals surface area contributed by atoms with Gasteiger partial charge in [0.25, 0.3) is 5.91 Å². The van der Waals surface area contributed by atoms with E-state index in [-0.39, 0.29) is 24.4 Å². The van der Waals surface area contributed by atoms with Crippen LogP contribution in [-0.4, -0.2) is 41.9 Å². The van der Waals surface area contributed by atoms with Crippen LogP contribution in [0.1, 0.15) is 51.1 Å². The number of hydrogen-bond acceptors (Lipinski definition) is 4. The maximum Gasteiger partial charge on any atom is 0.326 e. The highest BCUT2D eigenvalue weighted by Crippen LogP contribution is 2.13. The number of rotatable bonds is 6. The van der Waals surface area contributed by atoms with Crippen LogP contribution in [0.5, 0.6) is 0 Å². The van der Waals surface area contributed by atoms with Gasteiger partial charge in [0.05, 0.1) is 6.04 Å². The van der Waals surface area contributed by atoms with Crippen molar-refractivity contribution < 1.29 is 19.1 Å². The summed E-state index contributed by atoms with van der Waals surface area (Å²) < 4.78 is 5.20. The van der Waals surface area contributed by atoms with Crippen molar-refractivity contribution in [2.75, 3.05) is 13.1 Å². The summed E-state index contributed by atoms with van der Waals surface area (Å²) in [5, 5.41) is 2.83. The molecule has 1 aromatic rings.